The molecule has 1 saturated carbocycles. The van der Waals surface area contributed by atoms with E-state index in [0.29, 0.717) is 17.0 Å². The lowest BCUT2D eigenvalue weighted by Crippen LogP contribution is -2.38. The summed E-state index contributed by atoms with van der Waals surface area (Å²) in [6.07, 6.45) is 2.06. The normalized spacial score (nSPS) is 16.2. The van der Waals surface area contributed by atoms with Gasteiger partial charge in [0.25, 0.3) is 0 Å². The van der Waals surface area contributed by atoms with Crippen LogP contribution in [0.2, 0.25) is 0 Å². The molecule has 2 N–H and O–H groups in total. The van der Waals surface area contributed by atoms with Gasteiger partial charge < -0.3 is 10.1 Å². The molecule has 1 heterocycles. The van der Waals surface area contributed by atoms with Crippen molar-refractivity contribution in [1.82, 2.24) is 9.55 Å². The maximum Gasteiger partial charge on any atom is 0.335 e. The minimum atomic E-state index is -1.06. The van der Waals surface area contributed by atoms with E-state index in [0.717, 1.165) is 12.8 Å². The molecule has 1 aliphatic rings. The third-order valence-corrected chi connectivity index (χ3v) is 3.88. The molecule has 6 heteroatoms. The molecule has 1 aromatic heterocycles. The Bertz CT molecular complexity index is 814. The number of aromatic nitrogens is 2. The van der Waals surface area contributed by atoms with Crippen LogP contribution in [0.1, 0.15) is 36.2 Å². The Morgan fingerprint density at radius 2 is 2.10 bits per heavy atom. The summed E-state index contributed by atoms with van der Waals surface area (Å²) in [5, 5.41) is 9.06. The lowest BCUT2D eigenvalue weighted by atomic mass is 10.1. The van der Waals surface area contributed by atoms with E-state index >= 15 is 0 Å². The van der Waals surface area contributed by atoms with Gasteiger partial charge in [-0.05, 0) is 43.9 Å². The van der Waals surface area contributed by atoms with Crippen LogP contribution in [0.4, 0.5) is 0 Å². The van der Waals surface area contributed by atoms with Crippen LogP contribution >= 0.6 is 0 Å². The van der Waals surface area contributed by atoms with Crippen molar-refractivity contribution in [2.45, 2.75) is 25.8 Å². The molecule has 104 valence electrons. The number of benzene rings is 1. The molecular formula is C14H14N2O4. The lowest BCUT2D eigenvalue weighted by Gasteiger charge is -2.17. The van der Waals surface area contributed by atoms with Crippen LogP contribution in [0, 0.1) is 5.92 Å². The molecule has 6 nitrogen and oxygen atoms in total. The second-order valence-electron chi connectivity index (χ2n) is 5.24. The van der Waals surface area contributed by atoms with Crippen LogP contribution in [0.25, 0.3) is 11.0 Å². The Kier molecular flexibility index (Phi) is 2.74. The van der Waals surface area contributed by atoms with E-state index in [1.54, 1.807) is 0 Å². The van der Waals surface area contributed by atoms with Gasteiger partial charge in [0.05, 0.1) is 16.6 Å². The summed E-state index contributed by atoms with van der Waals surface area (Å²) in [4.78, 5) is 37.4. The number of hydrogen-bond donors (Lipinski definition) is 2. The predicted molar refractivity (Wildman–Crippen MR) is 73.2 cm³/mol. The van der Waals surface area contributed by atoms with E-state index in [2.05, 4.69) is 4.98 Å². The Balaban J connectivity index is 2.35. The fourth-order valence-corrected chi connectivity index (χ4v) is 2.56. The number of carboxylic acid groups (broad SMARTS) is 1. The number of fused-ring (bicyclic) bond motifs is 1. The first kappa shape index (κ1) is 12.7. The van der Waals surface area contributed by atoms with Gasteiger partial charge in [-0.15, -0.1) is 0 Å². The van der Waals surface area contributed by atoms with Crippen molar-refractivity contribution < 1.29 is 9.90 Å². The van der Waals surface area contributed by atoms with Gasteiger partial charge in [0.15, 0.2) is 0 Å². The molecule has 0 bridgehead atoms. The Morgan fingerprint density at radius 1 is 1.40 bits per heavy atom. The molecule has 0 radical (unpaired) electrons. The number of rotatable bonds is 3. The van der Waals surface area contributed by atoms with Crippen molar-refractivity contribution in [2.24, 2.45) is 5.92 Å². The minimum Gasteiger partial charge on any atom is -0.478 e. The summed E-state index contributed by atoms with van der Waals surface area (Å²) >= 11 is 0. The van der Waals surface area contributed by atoms with Crippen LogP contribution in [-0.2, 0) is 0 Å². The van der Waals surface area contributed by atoms with Gasteiger partial charge in [0.1, 0.15) is 0 Å². The molecule has 2 aromatic rings. The van der Waals surface area contributed by atoms with Gasteiger partial charge in [-0.3, -0.25) is 14.2 Å². The van der Waals surface area contributed by atoms with E-state index < -0.39 is 17.1 Å². The standard InChI is InChI=1S/C14H14N2O4/c1-7(8-2-3-8)16-11-6-9(14(19)20)4-5-10(11)15-12(17)13(16)18/h4-8H,2-3H2,1H3,(H,15,17)(H,19,20). The molecular weight excluding hydrogens is 260 g/mol. The first-order chi connectivity index (χ1) is 9.49. The Hall–Kier alpha value is -2.37. The molecule has 0 saturated heterocycles. The molecule has 20 heavy (non-hydrogen) atoms. The predicted octanol–water partition coefficient (Wildman–Crippen LogP) is 1.36. The summed E-state index contributed by atoms with van der Waals surface area (Å²) in [7, 11) is 0. The lowest BCUT2D eigenvalue weighted by molar-refractivity contribution is 0.0697. The largest absolute Gasteiger partial charge is 0.478 e. The average Bonchev–Trinajstić information content (AvgIpc) is 3.23. The second-order valence-corrected chi connectivity index (χ2v) is 5.24. The molecule has 3 rings (SSSR count). The van der Waals surface area contributed by atoms with E-state index in [9.17, 15) is 14.4 Å². The second kappa shape index (κ2) is 4.33. The van der Waals surface area contributed by atoms with E-state index in [-0.39, 0.29) is 11.6 Å². The van der Waals surface area contributed by atoms with Crippen LogP contribution in [0.15, 0.2) is 27.8 Å². The number of aromatic carboxylic acids is 1. The average molecular weight is 274 g/mol. The third kappa shape index (κ3) is 1.93. The van der Waals surface area contributed by atoms with Crippen molar-refractivity contribution in [1.29, 1.82) is 0 Å². The van der Waals surface area contributed by atoms with Crippen molar-refractivity contribution in [3.05, 3.63) is 44.5 Å². The zero-order valence-corrected chi connectivity index (χ0v) is 10.9. The Labute approximate surface area is 113 Å². The van der Waals surface area contributed by atoms with Crippen molar-refractivity contribution in [3.63, 3.8) is 0 Å². The summed E-state index contributed by atoms with van der Waals surface area (Å²) in [5.74, 6) is -0.678. The monoisotopic (exact) mass is 274 g/mol. The van der Waals surface area contributed by atoms with E-state index in [4.69, 9.17) is 5.11 Å². The van der Waals surface area contributed by atoms with Crippen LogP contribution in [0.3, 0.4) is 0 Å². The molecule has 1 aromatic carbocycles. The number of carboxylic acids is 1. The van der Waals surface area contributed by atoms with Gasteiger partial charge in [-0.1, -0.05) is 0 Å². The number of carbonyl (C=O) groups is 1. The molecule has 1 unspecified atom stereocenters. The van der Waals surface area contributed by atoms with Gasteiger partial charge in [0, 0.05) is 6.04 Å². The molecule has 1 atom stereocenters. The molecule has 0 spiro atoms. The molecule has 0 aliphatic heterocycles. The van der Waals surface area contributed by atoms with Gasteiger partial charge in [0.2, 0.25) is 0 Å². The Morgan fingerprint density at radius 3 is 2.70 bits per heavy atom. The highest BCUT2D eigenvalue weighted by atomic mass is 16.4. The number of nitrogens with zero attached hydrogens (tertiary/aromatic N) is 1. The van der Waals surface area contributed by atoms with Crippen LogP contribution in [-0.4, -0.2) is 20.6 Å². The van der Waals surface area contributed by atoms with Crippen molar-refractivity contribution in [2.75, 3.05) is 0 Å². The first-order valence-corrected chi connectivity index (χ1v) is 6.51. The first-order valence-electron chi connectivity index (χ1n) is 6.51. The zero-order valence-electron chi connectivity index (χ0n) is 10.9. The summed E-state index contributed by atoms with van der Waals surface area (Å²) in [6, 6.07) is 4.28. The quantitative estimate of drug-likeness (QED) is 0.826. The maximum absolute atomic E-state index is 12.1. The minimum absolute atomic E-state index is 0.0979. The fraction of sp³-hybridized carbons (Fsp3) is 0.357. The number of H-pyrrole nitrogens is 1. The third-order valence-electron chi connectivity index (χ3n) is 3.88. The highest BCUT2D eigenvalue weighted by Crippen LogP contribution is 2.39. The van der Waals surface area contributed by atoms with Crippen molar-refractivity contribution in [3.8, 4) is 0 Å². The number of hydrogen-bond acceptors (Lipinski definition) is 3. The van der Waals surface area contributed by atoms with Crippen LogP contribution in [0.5, 0.6) is 0 Å². The summed E-state index contributed by atoms with van der Waals surface area (Å²) in [5.41, 5.74) is -0.255. The summed E-state index contributed by atoms with van der Waals surface area (Å²) < 4.78 is 1.43. The maximum atomic E-state index is 12.1. The van der Waals surface area contributed by atoms with Gasteiger partial charge in [-0.25, -0.2) is 4.79 Å². The number of nitrogens with one attached hydrogen (secondary N) is 1. The van der Waals surface area contributed by atoms with Gasteiger partial charge >= 0.3 is 17.1 Å². The highest BCUT2D eigenvalue weighted by molar-refractivity contribution is 5.92. The molecule has 1 fully saturated rings. The van der Waals surface area contributed by atoms with Gasteiger partial charge in [-0.2, -0.15) is 0 Å². The smallest absolute Gasteiger partial charge is 0.335 e. The molecule has 1 aliphatic carbocycles. The highest BCUT2D eigenvalue weighted by Gasteiger charge is 2.31. The van der Waals surface area contributed by atoms with E-state index in [1.165, 1.54) is 22.8 Å². The summed E-state index contributed by atoms with van der Waals surface area (Å²) in [6.45, 7) is 1.89. The topological polar surface area (TPSA) is 92.2 Å². The van der Waals surface area contributed by atoms with E-state index in [1.807, 2.05) is 6.92 Å². The zero-order chi connectivity index (χ0) is 14.4. The SMILES string of the molecule is CC(C1CC1)n1c(=O)c(=O)[nH]c2ccc(C(=O)O)cc21. The van der Waals surface area contributed by atoms with Crippen LogP contribution < -0.4 is 11.1 Å². The van der Waals surface area contributed by atoms with Crippen molar-refractivity contribution >= 4 is 17.0 Å². The number of aromatic amines is 1. The molecule has 0 amide bonds. The fourth-order valence-electron chi connectivity index (χ4n) is 2.56.